The predicted molar refractivity (Wildman–Crippen MR) is 114 cm³/mol. The van der Waals surface area contributed by atoms with Gasteiger partial charge in [-0.15, -0.1) is 0 Å². The van der Waals surface area contributed by atoms with Crippen molar-refractivity contribution in [1.29, 1.82) is 5.26 Å². The van der Waals surface area contributed by atoms with E-state index in [2.05, 4.69) is 11.4 Å². The smallest absolute Gasteiger partial charge is 0.243 e. The highest BCUT2D eigenvalue weighted by molar-refractivity contribution is 6.30. The Balaban J connectivity index is 1.53. The van der Waals surface area contributed by atoms with Gasteiger partial charge in [0, 0.05) is 36.8 Å². The van der Waals surface area contributed by atoms with Crippen molar-refractivity contribution in [2.75, 3.05) is 31.5 Å². The van der Waals surface area contributed by atoms with Gasteiger partial charge in [0.1, 0.15) is 17.4 Å². The number of hydrogen-bond donors (Lipinski definition) is 1. The second-order valence-electron chi connectivity index (χ2n) is 7.48. The maximum absolute atomic E-state index is 12.7. The van der Waals surface area contributed by atoms with Crippen LogP contribution < -0.4 is 5.32 Å². The first-order chi connectivity index (χ1) is 14.3. The molecule has 2 heterocycles. The minimum absolute atomic E-state index is 0.0641. The molecule has 1 aliphatic rings. The largest absolute Gasteiger partial charge is 0.444 e. The Bertz CT molecular complexity index is 970. The van der Waals surface area contributed by atoms with Crippen LogP contribution in [0.25, 0.3) is 0 Å². The summed E-state index contributed by atoms with van der Waals surface area (Å²) in [6.07, 6.45) is 0.335. The van der Waals surface area contributed by atoms with Crippen molar-refractivity contribution in [2.24, 2.45) is 0 Å². The molecule has 0 saturated carbocycles. The first-order valence-corrected chi connectivity index (χ1v) is 10.2. The molecule has 8 heteroatoms. The molecule has 158 valence electrons. The molecule has 1 aromatic carbocycles. The Hall–Kier alpha value is -2.82. The monoisotopic (exact) mass is 428 g/mol. The van der Waals surface area contributed by atoms with Crippen LogP contribution >= 0.6 is 11.6 Å². The number of anilines is 1. The van der Waals surface area contributed by atoms with Gasteiger partial charge in [0.15, 0.2) is 0 Å². The molecule has 1 atom stereocenters. The lowest BCUT2D eigenvalue weighted by molar-refractivity contribution is -0.133. The van der Waals surface area contributed by atoms with Crippen molar-refractivity contribution in [1.82, 2.24) is 9.80 Å². The molecule has 2 aromatic rings. The normalized spacial score (nSPS) is 15.5. The Morgan fingerprint density at radius 2 is 1.83 bits per heavy atom. The number of amides is 2. The number of rotatable bonds is 5. The van der Waals surface area contributed by atoms with Gasteiger partial charge < -0.3 is 9.32 Å². The number of nitrogens with one attached hydrogen (secondary N) is 1. The molecule has 1 fully saturated rings. The highest BCUT2D eigenvalue weighted by atomic mass is 35.5. The van der Waals surface area contributed by atoms with Crippen LogP contribution in [0.1, 0.15) is 29.4 Å². The zero-order valence-electron chi connectivity index (χ0n) is 17.4. The van der Waals surface area contributed by atoms with Gasteiger partial charge in [-0.05, 0) is 38.5 Å². The van der Waals surface area contributed by atoms with Crippen LogP contribution in [0.3, 0.4) is 0 Å². The van der Waals surface area contributed by atoms with E-state index in [0.717, 1.165) is 11.1 Å². The quantitative estimate of drug-likeness (QED) is 0.790. The third-order valence-corrected chi connectivity index (χ3v) is 5.85. The number of piperazine rings is 1. The zero-order valence-corrected chi connectivity index (χ0v) is 18.1. The molecule has 0 aliphatic carbocycles. The van der Waals surface area contributed by atoms with Crippen molar-refractivity contribution in [3.63, 3.8) is 0 Å². The Kier molecular flexibility index (Phi) is 6.80. The van der Waals surface area contributed by atoms with Gasteiger partial charge in [0.05, 0.1) is 12.5 Å². The maximum Gasteiger partial charge on any atom is 0.243 e. The summed E-state index contributed by atoms with van der Waals surface area (Å²) in [5, 5.41) is 12.7. The van der Waals surface area contributed by atoms with E-state index in [1.807, 2.05) is 28.9 Å². The maximum atomic E-state index is 12.7. The molecular formula is C22H25ClN4O3. The van der Waals surface area contributed by atoms with Gasteiger partial charge in [-0.25, -0.2) is 0 Å². The highest BCUT2D eigenvalue weighted by Crippen LogP contribution is 2.25. The number of furan rings is 1. The molecule has 30 heavy (non-hydrogen) atoms. The highest BCUT2D eigenvalue weighted by Gasteiger charge is 2.28. The van der Waals surface area contributed by atoms with E-state index >= 15 is 0 Å². The van der Waals surface area contributed by atoms with E-state index in [-0.39, 0.29) is 17.7 Å². The van der Waals surface area contributed by atoms with Crippen molar-refractivity contribution in [3.8, 4) is 6.07 Å². The Morgan fingerprint density at radius 3 is 2.43 bits per heavy atom. The molecule has 1 aliphatic heterocycles. The molecule has 0 spiro atoms. The third kappa shape index (κ3) is 4.84. The zero-order chi connectivity index (χ0) is 21.8. The van der Waals surface area contributed by atoms with Crippen molar-refractivity contribution >= 4 is 29.3 Å². The lowest BCUT2D eigenvalue weighted by Gasteiger charge is -2.37. The topological polar surface area (TPSA) is 89.6 Å². The van der Waals surface area contributed by atoms with Crippen LogP contribution in [0.4, 0.5) is 5.88 Å². The molecule has 1 N–H and O–H groups in total. The van der Waals surface area contributed by atoms with E-state index < -0.39 is 6.04 Å². The van der Waals surface area contributed by atoms with E-state index in [1.165, 1.54) is 0 Å². The second-order valence-corrected chi connectivity index (χ2v) is 7.92. The molecule has 1 saturated heterocycles. The molecule has 0 bridgehead atoms. The number of carbonyl (C=O) groups excluding carboxylic acids is 2. The van der Waals surface area contributed by atoms with Crippen molar-refractivity contribution in [3.05, 3.63) is 51.7 Å². The van der Waals surface area contributed by atoms with Crippen LogP contribution in [0, 0.1) is 25.2 Å². The minimum Gasteiger partial charge on any atom is -0.444 e. The average Bonchev–Trinajstić information content (AvgIpc) is 3.01. The van der Waals surface area contributed by atoms with Gasteiger partial charge >= 0.3 is 0 Å². The number of aryl methyl sites for hydroxylation is 1. The van der Waals surface area contributed by atoms with Gasteiger partial charge in [-0.1, -0.05) is 23.7 Å². The number of nitrogens with zero attached hydrogens (tertiary/aromatic N) is 3. The lowest BCUT2D eigenvalue weighted by Crippen LogP contribution is -2.54. The lowest BCUT2D eigenvalue weighted by atomic mass is 10.1. The van der Waals surface area contributed by atoms with Crippen LogP contribution in [-0.4, -0.2) is 53.8 Å². The summed E-state index contributed by atoms with van der Waals surface area (Å²) in [7, 11) is 0. The molecule has 2 amide bonds. The SMILES string of the molecule is Cc1oc(NC(=O)C(C)N2CCN(C(=O)Cc3ccc(Cl)cc3)CC2)c(C#N)c1C. The van der Waals surface area contributed by atoms with Gasteiger partial charge in [-0.2, -0.15) is 5.26 Å². The fourth-order valence-corrected chi connectivity index (χ4v) is 3.61. The van der Waals surface area contributed by atoms with Gasteiger partial charge in [0.25, 0.3) is 0 Å². The molecule has 3 rings (SSSR count). The number of nitriles is 1. The number of halogens is 1. The summed E-state index contributed by atoms with van der Waals surface area (Å²) < 4.78 is 5.52. The fraction of sp³-hybridized carbons (Fsp3) is 0.409. The van der Waals surface area contributed by atoms with Crippen LogP contribution in [-0.2, 0) is 16.0 Å². The standard InChI is InChI=1S/C22H25ClN4O3/c1-14-16(3)30-22(19(14)13-24)25-21(29)15(2)26-8-10-27(11-9-26)20(28)12-17-4-6-18(23)7-5-17/h4-7,15H,8-12H2,1-3H3,(H,25,29). The number of benzene rings is 1. The Morgan fingerprint density at radius 1 is 1.20 bits per heavy atom. The fourth-order valence-electron chi connectivity index (χ4n) is 3.48. The molecule has 0 radical (unpaired) electrons. The summed E-state index contributed by atoms with van der Waals surface area (Å²) in [5.41, 5.74) is 2.01. The van der Waals surface area contributed by atoms with Gasteiger partial charge in [-0.3, -0.25) is 19.8 Å². The second kappa shape index (κ2) is 9.33. The summed E-state index contributed by atoms with van der Waals surface area (Å²) in [6.45, 7) is 7.69. The van der Waals surface area contributed by atoms with E-state index in [1.54, 1.807) is 26.0 Å². The summed E-state index contributed by atoms with van der Waals surface area (Å²) in [5.74, 6) is 0.638. The number of carbonyl (C=O) groups is 2. The van der Waals surface area contributed by atoms with E-state index in [4.69, 9.17) is 16.0 Å². The average molecular weight is 429 g/mol. The van der Waals surface area contributed by atoms with E-state index in [9.17, 15) is 14.9 Å². The first kappa shape index (κ1) is 21.9. The van der Waals surface area contributed by atoms with E-state index in [0.29, 0.717) is 48.9 Å². The molecule has 1 aromatic heterocycles. The Labute approximate surface area is 181 Å². The van der Waals surface area contributed by atoms with Gasteiger partial charge in [0.2, 0.25) is 17.7 Å². The summed E-state index contributed by atoms with van der Waals surface area (Å²) >= 11 is 5.89. The van der Waals surface area contributed by atoms with Crippen LogP contribution in [0.5, 0.6) is 0 Å². The van der Waals surface area contributed by atoms with Crippen LogP contribution in [0.15, 0.2) is 28.7 Å². The third-order valence-electron chi connectivity index (χ3n) is 5.60. The molecule has 7 nitrogen and oxygen atoms in total. The first-order valence-electron chi connectivity index (χ1n) is 9.87. The summed E-state index contributed by atoms with van der Waals surface area (Å²) in [6, 6.07) is 8.94. The minimum atomic E-state index is -0.407. The predicted octanol–water partition coefficient (Wildman–Crippen LogP) is 3.14. The van der Waals surface area contributed by atoms with Crippen molar-refractivity contribution < 1.29 is 14.0 Å². The number of hydrogen-bond acceptors (Lipinski definition) is 5. The van der Waals surface area contributed by atoms with Crippen LogP contribution in [0.2, 0.25) is 5.02 Å². The summed E-state index contributed by atoms with van der Waals surface area (Å²) in [4.78, 5) is 29.1. The molecule has 1 unspecified atom stereocenters. The van der Waals surface area contributed by atoms with Crippen molar-refractivity contribution in [2.45, 2.75) is 33.2 Å². The molecular weight excluding hydrogens is 404 g/mol.